The Hall–Kier alpha value is -0.450. The fraction of sp³-hybridized carbons (Fsp3) is 0.727. The minimum atomic E-state index is 0.00230. The second-order valence-electron chi connectivity index (χ2n) is 4.50. The van der Waals surface area contributed by atoms with Crippen molar-refractivity contribution in [1.82, 2.24) is 10.3 Å². The summed E-state index contributed by atoms with van der Waals surface area (Å²) in [5, 5.41) is 6.64. The van der Waals surface area contributed by atoms with Crippen molar-refractivity contribution in [2.75, 3.05) is 20.2 Å². The fourth-order valence-corrected chi connectivity index (χ4v) is 2.58. The van der Waals surface area contributed by atoms with Crippen molar-refractivity contribution in [2.24, 2.45) is 0 Å². The third kappa shape index (κ3) is 2.22. The average Bonchev–Trinajstić information content (AvgIpc) is 2.59. The van der Waals surface area contributed by atoms with Crippen LogP contribution in [0.5, 0.6) is 0 Å². The summed E-state index contributed by atoms with van der Waals surface area (Å²) in [6.45, 7) is 6.25. The van der Waals surface area contributed by atoms with Crippen molar-refractivity contribution < 1.29 is 4.74 Å². The van der Waals surface area contributed by atoms with Crippen LogP contribution in [-0.4, -0.2) is 30.8 Å². The molecular weight excluding hydrogens is 208 g/mol. The first-order chi connectivity index (χ1) is 7.15. The molecule has 2 rings (SSSR count). The van der Waals surface area contributed by atoms with Crippen LogP contribution >= 0.6 is 11.3 Å². The first-order valence-corrected chi connectivity index (χ1v) is 6.23. The van der Waals surface area contributed by atoms with Crippen molar-refractivity contribution >= 4 is 11.3 Å². The van der Waals surface area contributed by atoms with E-state index in [0.717, 1.165) is 19.5 Å². The van der Waals surface area contributed by atoms with E-state index in [0.29, 0.717) is 5.92 Å². The zero-order valence-electron chi connectivity index (χ0n) is 9.54. The van der Waals surface area contributed by atoms with Crippen LogP contribution in [0.15, 0.2) is 5.38 Å². The molecule has 1 aromatic heterocycles. The number of thiazole rings is 1. The highest BCUT2D eigenvalue weighted by Gasteiger charge is 2.37. The second-order valence-corrected chi connectivity index (χ2v) is 5.39. The number of nitrogens with zero attached hydrogens (tertiary/aromatic N) is 1. The Balaban J connectivity index is 2.04. The SMILES string of the molecule is COC1(Cc2csc(C(C)C)n2)CNC1. The Morgan fingerprint density at radius 1 is 1.60 bits per heavy atom. The van der Waals surface area contributed by atoms with E-state index in [-0.39, 0.29) is 5.60 Å². The maximum atomic E-state index is 5.55. The van der Waals surface area contributed by atoms with Crippen molar-refractivity contribution in [3.63, 3.8) is 0 Å². The zero-order valence-corrected chi connectivity index (χ0v) is 10.4. The van der Waals surface area contributed by atoms with Crippen LogP contribution in [0.1, 0.15) is 30.5 Å². The monoisotopic (exact) mass is 226 g/mol. The molecule has 0 radical (unpaired) electrons. The van der Waals surface area contributed by atoms with E-state index in [1.54, 1.807) is 18.4 Å². The summed E-state index contributed by atoms with van der Waals surface area (Å²) in [5.41, 5.74) is 1.18. The van der Waals surface area contributed by atoms with E-state index in [4.69, 9.17) is 4.74 Å². The molecule has 0 spiro atoms. The normalized spacial score (nSPS) is 19.2. The summed E-state index contributed by atoms with van der Waals surface area (Å²) in [6, 6.07) is 0. The highest BCUT2D eigenvalue weighted by Crippen LogP contribution is 2.25. The highest BCUT2D eigenvalue weighted by atomic mass is 32.1. The first kappa shape index (κ1) is 11.0. The lowest BCUT2D eigenvalue weighted by Crippen LogP contribution is -2.61. The van der Waals surface area contributed by atoms with Gasteiger partial charge in [0.25, 0.3) is 0 Å². The molecule has 0 saturated carbocycles. The van der Waals surface area contributed by atoms with Crippen LogP contribution in [0.25, 0.3) is 0 Å². The van der Waals surface area contributed by atoms with Gasteiger partial charge in [0.2, 0.25) is 0 Å². The van der Waals surface area contributed by atoms with Gasteiger partial charge in [-0.3, -0.25) is 0 Å². The average molecular weight is 226 g/mol. The molecule has 1 aliphatic rings. The van der Waals surface area contributed by atoms with Gasteiger partial charge in [-0.05, 0) is 0 Å². The number of ether oxygens (including phenoxy) is 1. The summed E-state index contributed by atoms with van der Waals surface area (Å²) in [4.78, 5) is 4.64. The van der Waals surface area contributed by atoms with E-state index >= 15 is 0 Å². The molecule has 1 fully saturated rings. The van der Waals surface area contributed by atoms with Crippen LogP contribution < -0.4 is 5.32 Å². The summed E-state index contributed by atoms with van der Waals surface area (Å²) in [7, 11) is 1.79. The van der Waals surface area contributed by atoms with E-state index in [9.17, 15) is 0 Å². The highest BCUT2D eigenvalue weighted by molar-refractivity contribution is 7.09. The molecule has 1 N–H and O–H groups in total. The van der Waals surface area contributed by atoms with Gasteiger partial charge in [-0.1, -0.05) is 13.8 Å². The molecule has 0 unspecified atom stereocenters. The van der Waals surface area contributed by atoms with Gasteiger partial charge in [0, 0.05) is 37.9 Å². The molecule has 0 aliphatic carbocycles. The molecule has 0 atom stereocenters. The Morgan fingerprint density at radius 2 is 2.33 bits per heavy atom. The standard InChI is InChI=1S/C11H18N2OS/c1-8(2)10-13-9(5-15-10)4-11(14-3)6-12-7-11/h5,8,12H,4,6-7H2,1-3H3. The molecule has 1 aliphatic heterocycles. The number of hydrogen-bond donors (Lipinski definition) is 1. The molecule has 0 aromatic carbocycles. The van der Waals surface area contributed by atoms with Crippen LogP contribution in [0.4, 0.5) is 0 Å². The van der Waals surface area contributed by atoms with E-state index in [1.165, 1.54) is 10.7 Å². The lowest BCUT2D eigenvalue weighted by atomic mass is 9.91. The molecule has 1 aromatic rings. The van der Waals surface area contributed by atoms with Crippen LogP contribution in [0.3, 0.4) is 0 Å². The van der Waals surface area contributed by atoms with Crippen molar-refractivity contribution in [3.05, 3.63) is 16.1 Å². The molecule has 1 saturated heterocycles. The minimum Gasteiger partial charge on any atom is -0.375 e. The quantitative estimate of drug-likeness (QED) is 0.850. The molecule has 2 heterocycles. The number of rotatable bonds is 4. The van der Waals surface area contributed by atoms with E-state index in [2.05, 4.69) is 29.5 Å². The lowest BCUT2D eigenvalue weighted by molar-refractivity contribution is -0.0508. The number of nitrogens with one attached hydrogen (secondary N) is 1. The Morgan fingerprint density at radius 3 is 2.73 bits per heavy atom. The molecule has 0 bridgehead atoms. The van der Waals surface area contributed by atoms with Crippen LogP contribution in [0, 0.1) is 0 Å². The molecule has 3 nitrogen and oxygen atoms in total. The van der Waals surface area contributed by atoms with Gasteiger partial charge in [0.1, 0.15) is 0 Å². The Bertz CT molecular complexity index is 326. The number of hydrogen-bond acceptors (Lipinski definition) is 4. The summed E-state index contributed by atoms with van der Waals surface area (Å²) in [6.07, 6.45) is 0.930. The maximum Gasteiger partial charge on any atom is 0.0981 e. The molecule has 84 valence electrons. The lowest BCUT2D eigenvalue weighted by Gasteiger charge is -2.40. The number of aromatic nitrogens is 1. The summed E-state index contributed by atoms with van der Waals surface area (Å²) < 4.78 is 5.55. The van der Waals surface area contributed by atoms with Gasteiger partial charge in [-0.2, -0.15) is 0 Å². The summed E-state index contributed by atoms with van der Waals surface area (Å²) >= 11 is 1.76. The van der Waals surface area contributed by atoms with Gasteiger partial charge < -0.3 is 10.1 Å². The predicted octanol–water partition coefficient (Wildman–Crippen LogP) is 1.80. The molecule has 0 amide bonds. The van der Waals surface area contributed by atoms with Gasteiger partial charge in [-0.25, -0.2) is 4.98 Å². The van der Waals surface area contributed by atoms with E-state index < -0.39 is 0 Å². The molecule has 15 heavy (non-hydrogen) atoms. The van der Waals surface area contributed by atoms with Crippen molar-refractivity contribution in [3.8, 4) is 0 Å². The zero-order chi connectivity index (χ0) is 10.9. The predicted molar refractivity (Wildman–Crippen MR) is 62.5 cm³/mol. The fourth-order valence-electron chi connectivity index (χ4n) is 1.74. The summed E-state index contributed by atoms with van der Waals surface area (Å²) in [5.74, 6) is 0.529. The van der Waals surface area contributed by atoms with E-state index in [1.807, 2.05) is 0 Å². The van der Waals surface area contributed by atoms with Crippen molar-refractivity contribution in [2.45, 2.75) is 31.8 Å². The first-order valence-electron chi connectivity index (χ1n) is 5.35. The Labute approximate surface area is 94.9 Å². The van der Waals surface area contributed by atoms with Gasteiger partial charge >= 0.3 is 0 Å². The van der Waals surface area contributed by atoms with Crippen LogP contribution in [0.2, 0.25) is 0 Å². The Kier molecular flexibility index (Phi) is 3.09. The minimum absolute atomic E-state index is 0.00230. The number of methoxy groups -OCH3 is 1. The molecular formula is C11H18N2OS. The van der Waals surface area contributed by atoms with Gasteiger partial charge in [-0.15, -0.1) is 11.3 Å². The second kappa shape index (κ2) is 4.20. The molecule has 4 heteroatoms. The van der Waals surface area contributed by atoms with Gasteiger partial charge in [0.15, 0.2) is 0 Å². The maximum absolute atomic E-state index is 5.55. The largest absolute Gasteiger partial charge is 0.375 e. The van der Waals surface area contributed by atoms with Crippen LogP contribution in [-0.2, 0) is 11.2 Å². The van der Waals surface area contributed by atoms with Gasteiger partial charge in [0.05, 0.1) is 16.3 Å². The third-order valence-corrected chi connectivity index (χ3v) is 4.09. The third-order valence-electron chi connectivity index (χ3n) is 2.89. The van der Waals surface area contributed by atoms with Crippen molar-refractivity contribution in [1.29, 1.82) is 0 Å². The topological polar surface area (TPSA) is 34.1 Å². The smallest absolute Gasteiger partial charge is 0.0981 e.